The third-order valence-electron chi connectivity index (χ3n) is 5.81. The van der Waals surface area contributed by atoms with E-state index in [0.29, 0.717) is 24.4 Å². The minimum Gasteiger partial charge on any atom is -0.497 e. The van der Waals surface area contributed by atoms with Crippen LogP contribution in [0.4, 0.5) is 5.69 Å². The Balaban J connectivity index is 2.17. The van der Waals surface area contributed by atoms with E-state index in [0.717, 1.165) is 17.4 Å². The van der Waals surface area contributed by atoms with Crippen molar-refractivity contribution in [1.29, 1.82) is 0 Å². The molecule has 0 saturated heterocycles. The van der Waals surface area contributed by atoms with Crippen molar-refractivity contribution in [3.05, 3.63) is 59.7 Å². The van der Waals surface area contributed by atoms with Gasteiger partial charge in [0, 0.05) is 26.1 Å². The maximum atomic E-state index is 13.3. The average Bonchev–Trinajstić information content (AvgIpc) is 2.83. The molecule has 9 heteroatoms. The lowest BCUT2D eigenvalue weighted by Gasteiger charge is -2.30. The standard InChI is InChI=1S/C27H39N3O5S/c1-20(2)18-28-27(32)22(4)29(19-23-9-7-10-25(17-23)35-5)26(31)11-8-16-30(36(6,33)34)24-14-12-21(3)13-15-24/h7,9-10,12-15,17,20,22H,8,11,16,18-19H2,1-6H3,(H,28,32)/t22-/m1/s1. The summed E-state index contributed by atoms with van der Waals surface area (Å²) in [5, 5.41) is 2.90. The van der Waals surface area contributed by atoms with Crippen LogP contribution in [0.2, 0.25) is 0 Å². The Morgan fingerprint density at radius 3 is 2.31 bits per heavy atom. The van der Waals surface area contributed by atoms with Crippen LogP contribution in [0, 0.1) is 12.8 Å². The van der Waals surface area contributed by atoms with E-state index in [1.54, 1.807) is 31.1 Å². The fourth-order valence-electron chi connectivity index (χ4n) is 3.72. The quantitative estimate of drug-likeness (QED) is 0.437. The first-order valence-electron chi connectivity index (χ1n) is 12.2. The second kappa shape index (κ2) is 13.3. The van der Waals surface area contributed by atoms with Gasteiger partial charge in [0.25, 0.3) is 0 Å². The highest BCUT2D eigenvalue weighted by atomic mass is 32.2. The Morgan fingerprint density at radius 2 is 1.72 bits per heavy atom. The SMILES string of the molecule is COc1cccc(CN(C(=O)CCCN(c2ccc(C)cc2)S(C)(=O)=O)[C@H](C)C(=O)NCC(C)C)c1. The summed E-state index contributed by atoms with van der Waals surface area (Å²) >= 11 is 0. The van der Waals surface area contributed by atoms with Crippen molar-refractivity contribution in [1.82, 2.24) is 10.2 Å². The molecule has 0 aliphatic carbocycles. The molecule has 0 spiro atoms. The molecule has 0 aromatic heterocycles. The molecule has 0 saturated carbocycles. The molecule has 1 atom stereocenters. The molecule has 1 N–H and O–H groups in total. The number of nitrogens with one attached hydrogen (secondary N) is 1. The number of carbonyl (C=O) groups excluding carboxylic acids is 2. The second-order valence-corrected chi connectivity index (χ2v) is 11.4. The lowest BCUT2D eigenvalue weighted by atomic mass is 10.1. The van der Waals surface area contributed by atoms with Gasteiger partial charge in [-0.05, 0) is 56.0 Å². The number of ether oxygens (including phenoxy) is 1. The zero-order valence-electron chi connectivity index (χ0n) is 22.2. The number of amides is 2. The van der Waals surface area contributed by atoms with Gasteiger partial charge in [0.05, 0.1) is 19.1 Å². The Morgan fingerprint density at radius 1 is 1.06 bits per heavy atom. The van der Waals surface area contributed by atoms with Crippen LogP contribution < -0.4 is 14.4 Å². The zero-order chi connectivity index (χ0) is 26.9. The van der Waals surface area contributed by atoms with Crippen LogP contribution in [-0.4, -0.2) is 57.6 Å². The molecule has 2 amide bonds. The number of hydrogen-bond donors (Lipinski definition) is 1. The normalized spacial score (nSPS) is 12.2. The first kappa shape index (κ1) is 29.2. The number of carbonyl (C=O) groups is 2. The largest absolute Gasteiger partial charge is 0.497 e. The lowest BCUT2D eigenvalue weighted by molar-refractivity contribution is -0.140. The molecular weight excluding hydrogens is 478 g/mol. The van der Waals surface area contributed by atoms with E-state index in [9.17, 15) is 18.0 Å². The molecule has 0 aliphatic heterocycles. The smallest absolute Gasteiger partial charge is 0.242 e. The van der Waals surface area contributed by atoms with Crippen molar-refractivity contribution in [2.75, 3.05) is 30.8 Å². The minimum atomic E-state index is -3.52. The molecule has 2 aromatic rings. The summed E-state index contributed by atoms with van der Waals surface area (Å²) in [6, 6.07) is 13.9. The predicted octanol–water partition coefficient (Wildman–Crippen LogP) is 3.74. The van der Waals surface area contributed by atoms with E-state index < -0.39 is 16.1 Å². The molecule has 0 heterocycles. The maximum Gasteiger partial charge on any atom is 0.242 e. The summed E-state index contributed by atoms with van der Waals surface area (Å²) in [4.78, 5) is 27.7. The Hall–Kier alpha value is -3.07. The van der Waals surface area contributed by atoms with E-state index in [2.05, 4.69) is 5.32 Å². The van der Waals surface area contributed by atoms with Crippen molar-refractivity contribution in [2.45, 2.75) is 53.1 Å². The van der Waals surface area contributed by atoms with Gasteiger partial charge < -0.3 is 15.0 Å². The molecule has 8 nitrogen and oxygen atoms in total. The second-order valence-electron chi connectivity index (χ2n) is 9.46. The third-order valence-corrected chi connectivity index (χ3v) is 7.01. The molecule has 0 fully saturated rings. The van der Waals surface area contributed by atoms with Crippen LogP contribution in [-0.2, 0) is 26.2 Å². The molecule has 0 aliphatic rings. The Kier molecular flexibility index (Phi) is 10.8. The van der Waals surface area contributed by atoms with Gasteiger partial charge in [0.1, 0.15) is 11.8 Å². The molecule has 0 radical (unpaired) electrons. The zero-order valence-corrected chi connectivity index (χ0v) is 23.0. The van der Waals surface area contributed by atoms with Crippen molar-refractivity contribution in [3.63, 3.8) is 0 Å². The molecule has 2 aromatic carbocycles. The molecule has 0 unspecified atom stereocenters. The number of sulfonamides is 1. The molecule has 36 heavy (non-hydrogen) atoms. The fraction of sp³-hybridized carbons (Fsp3) is 0.481. The van der Waals surface area contributed by atoms with Gasteiger partial charge in [0.2, 0.25) is 21.8 Å². The van der Waals surface area contributed by atoms with E-state index in [4.69, 9.17) is 4.74 Å². The summed E-state index contributed by atoms with van der Waals surface area (Å²) in [5.74, 6) is 0.505. The predicted molar refractivity (Wildman–Crippen MR) is 143 cm³/mol. The van der Waals surface area contributed by atoms with Gasteiger partial charge in [-0.25, -0.2) is 8.42 Å². The van der Waals surface area contributed by atoms with Gasteiger partial charge in [0.15, 0.2) is 0 Å². The van der Waals surface area contributed by atoms with Gasteiger partial charge in [-0.2, -0.15) is 0 Å². The fourth-order valence-corrected chi connectivity index (χ4v) is 4.68. The van der Waals surface area contributed by atoms with Crippen LogP contribution in [0.15, 0.2) is 48.5 Å². The van der Waals surface area contributed by atoms with Gasteiger partial charge in [-0.3, -0.25) is 13.9 Å². The van der Waals surface area contributed by atoms with E-state index >= 15 is 0 Å². The highest BCUT2D eigenvalue weighted by Gasteiger charge is 2.27. The summed E-state index contributed by atoms with van der Waals surface area (Å²) in [5.41, 5.74) is 2.43. The number of methoxy groups -OCH3 is 1. The molecular formula is C27H39N3O5S. The third kappa shape index (κ3) is 8.86. The topological polar surface area (TPSA) is 96.0 Å². The van der Waals surface area contributed by atoms with Crippen molar-refractivity contribution < 1.29 is 22.7 Å². The van der Waals surface area contributed by atoms with Crippen molar-refractivity contribution in [2.24, 2.45) is 5.92 Å². The van der Waals surface area contributed by atoms with E-state index in [-0.39, 0.29) is 37.2 Å². The summed E-state index contributed by atoms with van der Waals surface area (Å²) in [6.45, 7) is 8.57. The first-order valence-corrected chi connectivity index (χ1v) is 14.0. The first-order chi connectivity index (χ1) is 16.9. The van der Waals surface area contributed by atoms with Crippen LogP contribution >= 0.6 is 0 Å². The van der Waals surface area contributed by atoms with E-state index in [1.165, 1.54) is 4.31 Å². The number of benzene rings is 2. The number of rotatable bonds is 13. The monoisotopic (exact) mass is 517 g/mol. The molecule has 2 rings (SSSR count). The van der Waals surface area contributed by atoms with Crippen LogP contribution in [0.5, 0.6) is 5.75 Å². The Labute approximate surface area is 215 Å². The van der Waals surface area contributed by atoms with Crippen molar-refractivity contribution in [3.8, 4) is 5.75 Å². The van der Waals surface area contributed by atoms with Crippen molar-refractivity contribution >= 4 is 27.5 Å². The minimum absolute atomic E-state index is 0.101. The summed E-state index contributed by atoms with van der Waals surface area (Å²) < 4.78 is 31.4. The highest BCUT2D eigenvalue weighted by molar-refractivity contribution is 7.92. The van der Waals surface area contributed by atoms with Crippen LogP contribution in [0.3, 0.4) is 0 Å². The molecule has 0 bridgehead atoms. The van der Waals surface area contributed by atoms with Gasteiger partial charge in [-0.1, -0.05) is 43.7 Å². The number of anilines is 1. The molecule has 198 valence electrons. The summed E-state index contributed by atoms with van der Waals surface area (Å²) in [6.07, 6.45) is 1.57. The van der Waals surface area contributed by atoms with Gasteiger partial charge >= 0.3 is 0 Å². The Bertz CT molecular complexity index is 1120. The lowest BCUT2D eigenvalue weighted by Crippen LogP contribution is -2.48. The van der Waals surface area contributed by atoms with Gasteiger partial charge in [-0.15, -0.1) is 0 Å². The maximum absolute atomic E-state index is 13.3. The average molecular weight is 518 g/mol. The van der Waals surface area contributed by atoms with Crippen LogP contribution in [0.1, 0.15) is 44.7 Å². The van der Waals surface area contributed by atoms with Crippen LogP contribution in [0.25, 0.3) is 0 Å². The summed E-state index contributed by atoms with van der Waals surface area (Å²) in [7, 11) is -1.95. The highest BCUT2D eigenvalue weighted by Crippen LogP contribution is 2.20. The number of nitrogens with zero attached hydrogens (tertiary/aromatic N) is 2. The van der Waals surface area contributed by atoms with E-state index in [1.807, 2.05) is 57.2 Å². The number of hydrogen-bond acceptors (Lipinski definition) is 5. The number of aryl methyl sites for hydroxylation is 1.